The van der Waals surface area contributed by atoms with E-state index in [0.29, 0.717) is 44.2 Å². The van der Waals surface area contributed by atoms with Crippen LogP contribution in [0, 0.1) is 20.6 Å². The molecule has 2 heterocycles. The average molecular weight is 496 g/mol. The van der Waals surface area contributed by atoms with Crippen LogP contribution in [0.2, 0.25) is 0 Å². The minimum absolute atomic E-state index is 0.0184. The first-order valence-electron chi connectivity index (χ1n) is 10.8. The minimum atomic E-state index is -0.0184. The van der Waals surface area contributed by atoms with Crippen LogP contribution in [-0.4, -0.2) is 54.0 Å². The molecule has 0 aromatic carbocycles. The second-order valence-electron chi connectivity index (χ2n) is 7.37. The molecule has 0 bridgehead atoms. The van der Waals surface area contributed by atoms with E-state index < -0.39 is 0 Å². The van der Waals surface area contributed by atoms with Gasteiger partial charge < -0.3 is 24.4 Å². The predicted octanol–water partition coefficient (Wildman–Crippen LogP) is 3.86. The lowest BCUT2D eigenvalue weighted by molar-refractivity contribution is 0.00112. The summed E-state index contributed by atoms with van der Waals surface area (Å²) < 4.78 is 11.7. The van der Waals surface area contributed by atoms with Crippen LogP contribution in [0.15, 0.2) is 112 Å². The number of nitrogens with zero attached hydrogens (tertiary/aromatic N) is 6. The van der Waals surface area contributed by atoms with Crippen molar-refractivity contribution in [2.45, 2.75) is 6.42 Å². The van der Waals surface area contributed by atoms with E-state index in [1.807, 2.05) is 9.80 Å². The van der Waals surface area contributed by atoms with Gasteiger partial charge in [-0.1, -0.05) is 0 Å². The Labute approximate surface area is 207 Å². The second kappa shape index (κ2) is 17.0. The van der Waals surface area contributed by atoms with Crippen molar-refractivity contribution in [1.29, 1.82) is 0 Å². The lowest BCUT2D eigenvalue weighted by Crippen LogP contribution is -2.24. The van der Waals surface area contributed by atoms with E-state index in [-0.39, 0.29) is 11.5 Å². The monoisotopic (exact) mass is 495 g/mol. The number of aliphatic hydroxyl groups is 1. The van der Waals surface area contributed by atoms with E-state index >= 15 is 0 Å². The molecule has 1 atom stereocenters. The Balaban J connectivity index is 1.87. The lowest BCUT2D eigenvalue weighted by atomic mass is 10.1. The summed E-state index contributed by atoms with van der Waals surface area (Å²) in [6.45, 7) is 1.40. The van der Waals surface area contributed by atoms with Crippen LogP contribution in [0.4, 0.5) is 0 Å². The van der Waals surface area contributed by atoms with Gasteiger partial charge in [-0.15, -0.1) is 9.81 Å². The van der Waals surface area contributed by atoms with Gasteiger partial charge in [0.15, 0.2) is 4.91 Å². The first-order valence-corrected chi connectivity index (χ1v) is 10.8. The third-order valence-corrected chi connectivity index (χ3v) is 4.67. The first-order chi connectivity index (χ1) is 17.7. The van der Waals surface area contributed by atoms with E-state index in [0.717, 1.165) is 18.7 Å². The highest BCUT2D eigenvalue weighted by Gasteiger charge is 2.11. The number of hydrogen-bond acceptors (Lipinski definition) is 11. The maximum Gasteiger partial charge on any atom is 0.370 e. The summed E-state index contributed by atoms with van der Waals surface area (Å²) in [7, 11) is 0. The number of allylic oxidation sites excluding steroid dienone is 8. The summed E-state index contributed by atoms with van der Waals surface area (Å²) in [5, 5.41) is 14.4. The number of rotatable bonds is 15. The zero-order valence-corrected chi connectivity index (χ0v) is 19.4. The van der Waals surface area contributed by atoms with Crippen LogP contribution in [0.3, 0.4) is 0 Å². The third kappa shape index (κ3) is 11.1. The molecule has 0 amide bonds. The van der Waals surface area contributed by atoms with E-state index in [9.17, 15) is 14.7 Å². The predicted molar refractivity (Wildman–Crippen MR) is 138 cm³/mol. The molecular weight excluding hydrogens is 468 g/mol. The van der Waals surface area contributed by atoms with Crippen molar-refractivity contribution < 1.29 is 14.6 Å². The molecular formula is C24H27N6O6+. The standard InChI is InChI=1S/C24H26N6O6/c31-16-22-5-11-30(12-6-22)20-36-18-24(2-8-25-7-1-23(14-27-33)15-28-34)17-35-19-29-9-3-21(4-10-29)13-26-32/h1,3-16,24H,2,17-20H2/p+1. The van der Waals surface area contributed by atoms with Gasteiger partial charge in [0, 0.05) is 48.7 Å². The van der Waals surface area contributed by atoms with Crippen LogP contribution >= 0.6 is 0 Å². The average Bonchev–Trinajstić information content (AvgIpc) is 2.90. The Morgan fingerprint density at radius 3 is 2.11 bits per heavy atom. The van der Waals surface area contributed by atoms with Crippen molar-refractivity contribution in [3.63, 3.8) is 0 Å². The van der Waals surface area contributed by atoms with Gasteiger partial charge in [-0.25, -0.2) is 0 Å². The molecule has 188 valence electrons. The summed E-state index contributed by atoms with van der Waals surface area (Å²) in [6, 6.07) is 0. The van der Waals surface area contributed by atoms with Crippen LogP contribution in [0.25, 0.3) is 0 Å². The number of aliphatic imine (C=N–C) groups is 1. The fourth-order valence-corrected chi connectivity index (χ4v) is 2.82. The van der Waals surface area contributed by atoms with E-state index in [1.54, 1.807) is 55.3 Å². The van der Waals surface area contributed by atoms with Gasteiger partial charge in [0.05, 0.1) is 37.4 Å². The Hall–Kier alpha value is -4.51. The van der Waals surface area contributed by atoms with Crippen LogP contribution < -0.4 is 4.85 Å². The zero-order valence-electron chi connectivity index (χ0n) is 19.4. The summed E-state index contributed by atoms with van der Waals surface area (Å²) >= 11 is 0. The highest BCUT2D eigenvalue weighted by Crippen LogP contribution is 2.12. The van der Waals surface area contributed by atoms with Gasteiger partial charge in [-0.3, -0.25) is 4.99 Å². The lowest BCUT2D eigenvalue weighted by Gasteiger charge is -2.23. The Bertz CT molecular complexity index is 1030. The number of ether oxygens (including phenoxy) is 2. The summed E-state index contributed by atoms with van der Waals surface area (Å²) in [5.41, 5.74) is 1.62. The van der Waals surface area contributed by atoms with Crippen molar-refractivity contribution in [3.05, 3.63) is 111 Å². The Morgan fingerprint density at radius 2 is 1.58 bits per heavy atom. The Morgan fingerprint density at radius 1 is 0.972 bits per heavy atom. The number of nitroso groups, excluding NO2 is 3. The molecule has 0 saturated heterocycles. The number of hydrogen-bond donors (Lipinski definition) is 1. The molecule has 0 aromatic heterocycles. The largest absolute Gasteiger partial charge is 0.515 e. The fraction of sp³-hybridized carbons (Fsp3) is 0.250. The van der Waals surface area contributed by atoms with Crippen molar-refractivity contribution in [3.8, 4) is 0 Å². The Kier molecular flexibility index (Phi) is 13.1. The van der Waals surface area contributed by atoms with E-state index in [2.05, 4.69) is 20.2 Å². The second-order valence-corrected chi connectivity index (χ2v) is 7.37. The van der Waals surface area contributed by atoms with Gasteiger partial charge in [-0.2, -0.15) is 0 Å². The van der Waals surface area contributed by atoms with Gasteiger partial charge in [-0.05, 0) is 52.7 Å². The normalized spacial score (nSPS) is 16.1. The van der Waals surface area contributed by atoms with Crippen molar-refractivity contribution in [1.82, 2.24) is 14.7 Å². The van der Waals surface area contributed by atoms with E-state index in [1.165, 1.54) is 18.5 Å². The van der Waals surface area contributed by atoms with Gasteiger partial charge >= 0.3 is 6.21 Å². The van der Waals surface area contributed by atoms with Gasteiger partial charge in [0.1, 0.15) is 13.5 Å². The smallest absolute Gasteiger partial charge is 0.370 e. The third-order valence-electron chi connectivity index (χ3n) is 4.67. The SMILES string of the molecule is O=NC=C1C=CN(COCC(CC=NC=CC(C=[N+]=O)=CN=O)COCN2C=CC(=CO)C=C2)C=C1. The molecule has 2 aliphatic heterocycles. The van der Waals surface area contributed by atoms with Crippen molar-refractivity contribution in [2.75, 3.05) is 26.7 Å². The maximum atomic E-state index is 10.3. The molecule has 12 heteroatoms. The first kappa shape index (κ1) is 27.7. The van der Waals surface area contributed by atoms with Crippen molar-refractivity contribution in [2.24, 2.45) is 21.3 Å². The molecule has 12 nitrogen and oxygen atoms in total. The van der Waals surface area contributed by atoms with Gasteiger partial charge in [0.2, 0.25) is 4.85 Å². The van der Waals surface area contributed by atoms with Crippen LogP contribution in [0.5, 0.6) is 0 Å². The van der Waals surface area contributed by atoms with Gasteiger partial charge in [0.25, 0.3) is 0 Å². The molecule has 0 fully saturated rings. The van der Waals surface area contributed by atoms with Crippen molar-refractivity contribution >= 4 is 12.4 Å². The molecule has 1 N–H and O–H groups in total. The summed E-state index contributed by atoms with van der Waals surface area (Å²) in [6.07, 6.45) is 23.4. The zero-order chi connectivity index (χ0) is 25.8. The molecule has 0 aliphatic carbocycles. The molecule has 1 unspecified atom stereocenters. The molecule has 2 rings (SSSR count). The van der Waals surface area contributed by atoms with E-state index in [4.69, 9.17) is 14.6 Å². The fourth-order valence-electron chi connectivity index (χ4n) is 2.82. The molecule has 0 radical (unpaired) electrons. The molecule has 0 spiro atoms. The quantitative estimate of drug-likeness (QED) is 0.118. The van der Waals surface area contributed by atoms with Crippen LogP contribution in [0.1, 0.15) is 6.42 Å². The summed E-state index contributed by atoms with van der Waals surface area (Å²) in [5.74, 6) is -0.0184. The summed E-state index contributed by atoms with van der Waals surface area (Å²) in [4.78, 5) is 41.4. The maximum absolute atomic E-state index is 10.3. The van der Waals surface area contributed by atoms with Crippen LogP contribution in [-0.2, 0) is 9.47 Å². The molecule has 36 heavy (non-hydrogen) atoms. The topological polar surface area (TPSA) is 148 Å². The highest BCUT2D eigenvalue weighted by atomic mass is 16.5. The minimum Gasteiger partial charge on any atom is -0.515 e. The molecule has 0 aromatic rings. The molecule has 2 aliphatic rings. The highest BCUT2D eigenvalue weighted by molar-refractivity contribution is 5.80. The number of aliphatic hydroxyl groups excluding tert-OH is 1. The molecule has 0 saturated carbocycles.